The molecule has 1 heterocycles. The zero-order valence-corrected chi connectivity index (χ0v) is 9.85. The van der Waals surface area contributed by atoms with Gasteiger partial charge in [0.15, 0.2) is 0 Å². The van der Waals surface area contributed by atoms with E-state index in [9.17, 15) is 14.0 Å². The van der Waals surface area contributed by atoms with E-state index in [2.05, 4.69) is 4.74 Å². The summed E-state index contributed by atoms with van der Waals surface area (Å²) < 4.78 is 17.9. The number of hydrogen-bond acceptors (Lipinski definition) is 4. The number of nitrogens with zero attached hydrogens (tertiary/aromatic N) is 1. The molecule has 1 aromatic carbocycles. The Labute approximate surface area is 103 Å². The molecule has 0 aliphatic carbocycles. The summed E-state index contributed by atoms with van der Waals surface area (Å²) >= 11 is 0. The Morgan fingerprint density at radius 3 is 2.83 bits per heavy atom. The summed E-state index contributed by atoms with van der Waals surface area (Å²) in [6, 6.07) is 3.65. The predicted molar refractivity (Wildman–Crippen MR) is 62.7 cm³/mol. The smallest absolute Gasteiger partial charge is 0.340 e. The average Bonchev–Trinajstić information content (AvgIpc) is 2.68. The van der Waals surface area contributed by atoms with Crippen molar-refractivity contribution in [1.29, 1.82) is 0 Å². The van der Waals surface area contributed by atoms with Crippen molar-refractivity contribution in [2.24, 2.45) is 5.73 Å². The molecule has 0 radical (unpaired) electrons. The van der Waals surface area contributed by atoms with E-state index >= 15 is 0 Å². The van der Waals surface area contributed by atoms with Crippen molar-refractivity contribution in [2.75, 3.05) is 18.6 Å². The number of rotatable bonds is 2. The largest absolute Gasteiger partial charge is 0.465 e. The highest BCUT2D eigenvalue weighted by Gasteiger charge is 2.29. The van der Waals surface area contributed by atoms with Gasteiger partial charge in [0.2, 0.25) is 5.91 Å². The second kappa shape index (κ2) is 4.73. The van der Waals surface area contributed by atoms with Crippen molar-refractivity contribution in [3.63, 3.8) is 0 Å². The topological polar surface area (TPSA) is 72.6 Å². The third-order valence-electron chi connectivity index (χ3n) is 2.82. The molecule has 0 spiro atoms. The van der Waals surface area contributed by atoms with Crippen LogP contribution in [0, 0.1) is 5.82 Å². The first-order chi connectivity index (χ1) is 8.52. The van der Waals surface area contributed by atoms with E-state index in [0.29, 0.717) is 12.2 Å². The van der Waals surface area contributed by atoms with E-state index in [0.717, 1.165) is 6.07 Å². The summed E-state index contributed by atoms with van der Waals surface area (Å²) in [6.07, 6.45) is 0.255. The standard InChI is InChI=1S/C12H13FN2O3/c1-18-12(17)9-5-8(2-3-10(9)13)15-6-7(14)4-11(15)16/h2-3,5,7H,4,6,14H2,1H3. The maximum absolute atomic E-state index is 13.4. The summed E-state index contributed by atoms with van der Waals surface area (Å²) in [5, 5.41) is 0. The van der Waals surface area contributed by atoms with Gasteiger partial charge < -0.3 is 15.4 Å². The lowest BCUT2D eigenvalue weighted by Gasteiger charge is -2.16. The van der Waals surface area contributed by atoms with Crippen LogP contribution in [0.25, 0.3) is 0 Å². The molecule has 1 aliphatic rings. The molecule has 0 bridgehead atoms. The lowest BCUT2D eigenvalue weighted by atomic mass is 10.1. The first-order valence-electron chi connectivity index (χ1n) is 5.46. The summed E-state index contributed by atoms with van der Waals surface area (Å²) in [5.41, 5.74) is 5.94. The number of esters is 1. The number of amides is 1. The number of ether oxygens (including phenoxy) is 1. The molecular weight excluding hydrogens is 239 g/mol. The number of carbonyl (C=O) groups excluding carboxylic acids is 2. The number of nitrogens with two attached hydrogens (primary N) is 1. The van der Waals surface area contributed by atoms with E-state index in [4.69, 9.17) is 5.73 Å². The van der Waals surface area contributed by atoms with E-state index in [-0.39, 0.29) is 23.9 Å². The van der Waals surface area contributed by atoms with Crippen molar-refractivity contribution in [1.82, 2.24) is 0 Å². The molecule has 1 aliphatic heterocycles. The molecule has 1 amide bonds. The summed E-state index contributed by atoms with van der Waals surface area (Å²) in [5.74, 6) is -1.59. The maximum Gasteiger partial charge on any atom is 0.340 e. The van der Waals surface area contributed by atoms with Crippen LogP contribution in [-0.4, -0.2) is 31.6 Å². The van der Waals surface area contributed by atoms with Gasteiger partial charge in [-0.1, -0.05) is 0 Å². The van der Waals surface area contributed by atoms with Gasteiger partial charge in [-0.05, 0) is 18.2 Å². The minimum Gasteiger partial charge on any atom is -0.465 e. The molecule has 5 nitrogen and oxygen atoms in total. The SMILES string of the molecule is COC(=O)c1cc(N2CC(N)CC2=O)ccc1F. The van der Waals surface area contributed by atoms with Crippen LogP contribution in [0.5, 0.6) is 0 Å². The minimum absolute atomic E-state index is 0.134. The van der Waals surface area contributed by atoms with Crippen LogP contribution in [0.4, 0.5) is 10.1 Å². The number of benzene rings is 1. The Balaban J connectivity index is 2.35. The highest BCUT2D eigenvalue weighted by molar-refractivity contribution is 5.98. The molecule has 1 saturated heterocycles. The fourth-order valence-corrected chi connectivity index (χ4v) is 1.93. The molecular formula is C12H13FN2O3. The van der Waals surface area contributed by atoms with Crippen molar-refractivity contribution >= 4 is 17.6 Å². The Morgan fingerprint density at radius 1 is 1.56 bits per heavy atom. The first-order valence-corrected chi connectivity index (χ1v) is 5.46. The number of carbonyl (C=O) groups is 2. The Kier molecular flexibility index (Phi) is 3.29. The van der Waals surface area contributed by atoms with Crippen molar-refractivity contribution in [2.45, 2.75) is 12.5 Å². The van der Waals surface area contributed by atoms with Gasteiger partial charge in [0.25, 0.3) is 0 Å². The quantitative estimate of drug-likeness (QED) is 0.785. The van der Waals surface area contributed by atoms with Crippen LogP contribution in [-0.2, 0) is 9.53 Å². The lowest BCUT2D eigenvalue weighted by molar-refractivity contribution is -0.117. The van der Waals surface area contributed by atoms with Gasteiger partial charge in [-0.15, -0.1) is 0 Å². The van der Waals surface area contributed by atoms with E-state index in [1.807, 2.05) is 0 Å². The van der Waals surface area contributed by atoms with Crippen LogP contribution >= 0.6 is 0 Å². The van der Waals surface area contributed by atoms with Gasteiger partial charge in [0, 0.05) is 24.7 Å². The molecule has 0 aromatic heterocycles. The number of hydrogen-bond donors (Lipinski definition) is 1. The van der Waals surface area contributed by atoms with Gasteiger partial charge in [-0.2, -0.15) is 0 Å². The maximum atomic E-state index is 13.4. The van der Waals surface area contributed by atoms with E-state index in [1.54, 1.807) is 0 Å². The minimum atomic E-state index is -0.773. The Hall–Kier alpha value is -1.95. The van der Waals surface area contributed by atoms with Crippen molar-refractivity contribution in [3.8, 4) is 0 Å². The van der Waals surface area contributed by atoms with Crippen LogP contribution in [0.15, 0.2) is 18.2 Å². The molecule has 96 valence electrons. The highest BCUT2D eigenvalue weighted by atomic mass is 19.1. The zero-order valence-electron chi connectivity index (χ0n) is 9.85. The third kappa shape index (κ3) is 2.19. The molecule has 2 rings (SSSR count). The van der Waals surface area contributed by atoms with E-state index in [1.165, 1.54) is 24.1 Å². The average molecular weight is 252 g/mol. The van der Waals surface area contributed by atoms with Gasteiger partial charge in [0.1, 0.15) is 5.82 Å². The van der Waals surface area contributed by atoms with Gasteiger partial charge in [-0.25, -0.2) is 9.18 Å². The first kappa shape index (κ1) is 12.5. The van der Waals surface area contributed by atoms with Crippen molar-refractivity contribution in [3.05, 3.63) is 29.6 Å². The molecule has 1 unspecified atom stereocenters. The van der Waals surface area contributed by atoms with Crippen LogP contribution in [0.3, 0.4) is 0 Å². The second-order valence-electron chi connectivity index (χ2n) is 4.12. The van der Waals surface area contributed by atoms with Gasteiger partial charge in [-0.3, -0.25) is 4.79 Å². The van der Waals surface area contributed by atoms with Gasteiger partial charge >= 0.3 is 5.97 Å². The van der Waals surface area contributed by atoms with Crippen molar-refractivity contribution < 1.29 is 18.7 Å². The fourth-order valence-electron chi connectivity index (χ4n) is 1.93. The molecule has 0 saturated carbocycles. The van der Waals surface area contributed by atoms with Crippen LogP contribution < -0.4 is 10.6 Å². The predicted octanol–water partition coefficient (Wildman–Crippen LogP) is 0.676. The zero-order chi connectivity index (χ0) is 13.3. The molecule has 1 aromatic rings. The molecule has 18 heavy (non-hydrogen) atoms. The molecule has 1 fully saturated rings. The Bertz CT molecular complexity index is 504. The monoisotopic (exact) mass is 252 g/mol. The normalized spacial score (nSPS) is 19.2. The van der Waals surface area contributed by atoms with Gasteiger partial charge in [0.05, 0.1) is 12.7 Å². The number of halogens is 1. The lowest BCUT2D eigenvalue weighted by Crippen LogP contribution is -2.28. The summed E-state index contributed by atoms with van der Waals surface area (Å²) in [6.45, 7) is 0.366. The highest BCUT2D eigenvalue weighted by Crippen LogP contribution is 2.23. The summed E-state index contributed by atoms with van der Waals surface area (Å²) in [4.78, 5) is 24.5. The fraction of sp³-hybridized carbons (Fsp3) is 0.333. The van der Waals surface area contributed by atoms with E-state index < -0.39 is 11.8 Å². The molecule has 6 heteroatoms. The Morgan fingerprint density at radius 2 is 2.28 bits per heavy atom. The number of anilines is 1. The van der Waals surface area contributed by atoms with Crippen LogP contribution in [0.1, 0.15) is 16.8 Å². The molecule has 2 N–H and O–H groups in total. The van der Waals surface area contributed by atoms with Crippen LogP contribution in [0.2, 0.25) is 0 Å². The number of methoxy groups -OCH3 is 1. The summed E-state index contributed by atoms with van der Waals surface area (Å²) in [7, 11) is 1.17. The molecule has 1 atom stereocenters. The third-order valence-corrected chi connectivity index (χ3v) is 2.82. The second-order valence-corrected chi connectivity index (χ2v) is 4.12.